The molecule has 1 aliphatic rings. The number of pyridine rings is 1. The molecule has 1 amide bonds. The van der Waals surface area contributed by atoms with Gasteiger partial charge in [0.2, 0.25) is 0 Å². The summed E-state index contributed by atoms with van der Waals surface area (Å²) in [6.07, 6.45) is 2.46. The number of amidine groups is 1. The zero-order chi connectivity index (χ0) is 21.5. The Kier molecular flexibility index (Phi) is 4.50. The van der Waals surface area contributed by atoms with E-state index < -0.39 is 23.1 Å². The summed E-state index contributed by atoms with van der Waals surface area (Å²) in [5, 5.41) is 11.7. The Balaban J connectivity index is 1.66. The van der Waals surface area contributed by atoms with Crippen LogP contribution in [0.25, 0.3) is 0 Å². The zero-order valence-corrected chi connectivity index (χ0v) is 15.7. The lowest BCUT2D eigenvalue weighted by molar-refractivity contribution is 0.102. The van der Waals surface area contributed by atoms with Crippen LogP contribution in [0.15, 0.2) is 47.7 Å². The average molecular weight is 407 g/mol. The number of hydrogen-bond acceptors (Lipinski definition) is 6. The van der Waals surface area contributed by atoms with Crippen LogP contribution in [0, 0.1) is 23.0 Å². The van der Waals surface area contributed by atoms with Crippen LogP contribution in [0.1, 0.15) is 34.5 Å². The van der Waals surface area contributed by atoms with Crippen LogP contribution in [0.3, 0.4) is 0 Å². The fourth-order valence-electron chi connectivity index (χ4n) is 3.34. The van der Waals surface area contributed by atoms with Crippen LogP contribution >= 0.6 is 0 Å². The molecule has 3 N–H and O–H groups in total. The van der Waals surface area contributed by atoms with Gasteiger partial charge in [0.25, 0.3) is 5.91 Å². The summed E-state index contributed by atoms with van der Waals surface area (Å²) >= 11 is 0. The minimum atomic E-state index is -1.09. The van der Waals surface area contributed by atoms with Crippen LogP contribution < -0.4 is 11.1 Å². The van der Waals surface area contributed by atoms with E-state index in [-0.39, 0.29) is 29.3 Å². The van der Waals surface area contributed by atoms with Crippen molar-refractivity contribution in [3.8, 4) is 6.07 Å². The lowest BCUT2D eigenvalue weighted by Gasteiger charge is -2.31. The Morgan fingerprint density at radius 3 is 2.83 bits per heavy atom. The molecule has 1 aliphatic heterocycles. The van der Waals surface area contributed by atoms with Gasteiger partial charge in [0.1, 0.15) is 28.9 Å². The lowest BCUT2D eigenvalue weighted by atomic mass is 9.90. The summed E-state index contributed by atoms with van der Waals surface area (Å²) in [4.78, 5) is 24.6. The highest BCUT2D eigenvalue weighted by atomic mass is 19.1. The van der Waals surface area contributed by atoms with Gasteiger partial charge in [-0.1, -0.05) is 0 Å². The number of aromatic nitrogens is 3. The summed E-state index contributed by atoms with van der Waals surface area (Å²) in [7, 11) is 0. The van der Waals surface area contributed by atoms with Crippen molar-refractivity contribution < 1.29 is 13.6 Å². The molecule has 3 heterocycles. The molecule has 3 aromatic rings. The van der Waals surface area contributed by atoms with Crippen molar-refractivity contribution in [2.75, 3.05) is 5.32 Å². The maximum Gasteiger partial charge on any atom is 0.274 e. The van der Waals surface area contributed by atoms with Gasteiger partial charge in [-0.2, -0.15) is 5.26 Å². The van der Waals surface area contributed by atoms with E-state index in [4.69, 9.17) is 11.0 Å². The maximum absolute atomic E-state index is 14.7. The largest absolute Gasteiger partial charge is 0.381 e. The van der Waals surface area contributed by atoms with Crippen LogP contribution in [-0.4, -0.2) is 26.3 Å². The van der Waals surface area contributed by atoms with E-state index in [2.05, 4.69) is 20.3 Å². The fraction of sp³-hybridized carbons (Fsp3) is 0.150. The van der Waals surface area contributed by atoms with Gasteiger partial charge in [-0.05, 0) is 37.3 Å². The molecule has 10 heteroatoms. The molecule has 0 fully saturated rings. The molecular weight excluding hydrogens is 392 g/mol. The van der Waals surface area contributed by atoms with Crippen LogP contribution in [0.5, 0.6) is 0 Å². The molecular formula is C20H15F2N7O. The number of fused-ring (bicyclic) bond motifs is 1. The number of imidazole rings is 1. The van der Waals surface area contributed by atoms with Gasteiger partial charge in [-0.25, -0.2) is 18.7 Å². The van der Waals surface area contributed by atoms with Crippen LogP contribution in [0.2, 0.25) is 0 Å². The van der Waals surface area contributed by atoms with E-state index in [0.717, 1.165) is 12.3 Å². The second kappa shape index (κ2) is 7.04. The third-order valence-corrected chi connectivity index (χ3v) is 4.73. The Labute approximate surface area is 169 Å². The highest BCUT2D eigenvalue weighted by molar-refractivity contribution is 6.02. The smallest absolute Gasteiger partial charge is 0.274 e. The quantitative estimate of drug-likeness (QED) is 0.690. The molecule has 0 spiro atoms. The fourth-order valence-corrected chi connectivity index (χ4v) is 3.34. The Hall–Kier alpha value is -4.13. The van der Waals surface area contributed by atoms with E-state index in [0.29, 0.717) is 11.5 Å². The first-order valence-corrected chi connectivity index (χ1v) is 8.85. The lowest BCUT2D eigenvalue weighted by Crippen LogP contribution is -2.37. The Morgan fingerprint density at radius 2 is 2.13 bits per heavy atom. The second-order valence-corrected chi connectivity index (χ2v) is 6.97. The topological polar surface area (TPSA) is 122 Å². The van der Waals surface area contributed by atoms with Crippen molar-refractivity contribution >= 4 is 17.4 Å². The van der Waals surface area contributed by atoms with Gasteiger partial charge < -0.3 is 15.6 Å². The highest BCUT2D eigenvalue weighted by Crippen LogP contribution is 2.34. The van der Waals surface area contributed by atoms with E-state index in [1.54, 1.807) is 11.5 Å². The SMILES string of the molecule is C[C@@]1(c2cc(NC(=O)c3ccc(F)cn3)ccc2F)Cn2cc(C#N)nc2C(N)=N1. The van der Waals surface area contributed by atoms with E-state index in [1.165, 1.54) is 30.5 Å². The molecule has 8 nitrogen and oxygen atoms in total. The monoisotopic (exact) mass is 407 g/mol. The second-order valence-electron chi connectivity index (χ2n) is 6.97. The number of rotatable bonds is 3. The summed E-state index contributed by atoms with van der Waals surface area (Å²) in [6, 6.07) is 8.38. The molecule has 0 bridgehead atoms. The summed E-state index contributed by atoms with van der Waals surface area (Å²) in [6.45, 7) is 1.89. The number of nitrogens with one attached hydrogen (secondary N) is 1. The van der Waals surface area contributed by atoms with Gasteiger partial charge in [0.05, 0.1) is 12.7 Å². The summed E-state index contributed by atoms with van der Waals surface area (Å²) < 4.78 is 29.4. The average Bonchev–Trinajstić information content (AvgIpc) is 3.13. The molecule has 1 atom stereocenters. The predicted molar refractivity (Wildman–Crippen MR) is 104 cm³/mol. The molecule has 2 aromatic heterocycles. The number of carbonyl (C=O) groups is 1. The number of amides is 1. The Bertz CT molecular complexity index is 1230. The molecule has 1 aromatic carbocycles. The molecule has 150 valence electrons. The number of nitriles is 1. The molecule has 0 unspecified atom stereocenters. The number of nitrogens with zero attached hydrogens (tertiary/aromatic N) is 5. The number of anilines is 1. The van der Waals surface area contributed by atoms with E-state index in [1.807, 2.05) is 6.07 Å². The molecule has 0 aliphatic carbocycles. The third-order valence-electron chi connectivity index (χ3n) is 4.73. The number of aliphatic imine (C=N–C) groups is 1. The zero-order valence-electron chi connectivity index (χ0n) is 15.7. The standard InChI is InChI=1S/C20H15F2N7O/c1-20(10-29-9-13(7-23)26-18(29)17(24)28-20)14-6-12(3-4-15(14)22)27-19(30)16-5-2-11(21)8-25-16/h2-6,8-9H,10H2,1H3,(H2,24,28)(H,27,30)/t20-/m0/s1. The number of nitrogens with two attached hydrogens (primary N) is 1. The number of hydrogen-bond donors (Lipinski definition) is 2. The van der Waals surface area contributed by atoms with Crippen molar-refractivity contribution in [3.63, 3.8) is 0 Å². The molecule has 0 saturated heterocycles. The summed E-state index contributed by atoms with van der Waals surface area (Å²) in [5.74, 6) is -1.24. The molecule has 4 rings (SSSR count). The van der Waals surface area contributed by atoms with Crippen molar-refractivity contribution in [3.05, 3.63) is 77.1 Å². The highest BCUT2D eigenvalue weighted by Gasteiger charge is 2.35. The van der Waals surface area contributed by atoms with Gasteiger partial charge in [0, 0.05) is 17.4 Å². The van der Waals surface area contributed by atoms with Crippen molar-refractivity contribution in [2.45, 2.75) is 19.0 Å². The minimum Gasteiger partial charge on any atom is -0.381 e. The first kappa shape index (κ1) is 19.2. The van der Waals surface area contributed by atoms with Crippen LogP contribution in [-0.2, 0) is 12.1 Å². The third kappa shape index (κ3) is 3.37. The van der Waals surface area contributed by atoms with Crippen molar-refractivity contribution in [1.82, 2.24) is 14.5 Å². The van der Waals surface area contributed by atoms with Crippen LogP contribution in [0.4, 0.5) is 14.5 Å². The normalized spacial score (nSPS) is 17.6. The van der Waals surface area contributed by atoms with Gasteiger partial charge in [0.15, 0.2) is 17.4 Å². The predicted octanol–water partition coefficient (Wildman–Crippen LogP) is 2.31. The summed E-state index contributed by atoms with van der Waals surface area (Å²) in [5.41, 5.74) is 5.63. The van der Waals surface area contributed by atoms with Gasteiger partial charge in [-0.15, -0.1) is 0 Å². The Morgan fingerprint density at radius 1 is 1.33 bits per heavy atom. The maximum atomic E-state index is 14.7. The first-order chi connectivity index (χ1) is 14.3. The molecule has 30 heavy (non-hydrogen) atoms. The number of carbonyl (C=O) groups excluding carboxylic acids is 1. The van der Waals surface area contributed by atoms with E-state index >= 15 is 0 Å². The number of halogens is 2. The number of benzene rings is 1. The van der Waals surface area contributed by atoms with E-state index in [9.17, 15) is 13.6 Å². The molecule has 0 saturated carbocycles. The van der Waals surface area contributed by atoms with Gasteiger partial charge in [-0.3, -0.25) is 9.79 Å². The molecule has 0 radical (unpaired) electrons. The van der Waals surface area contributed by atoms with Crippen molar-refractivity contribution in [1.29, 1.82) is 5.26 Å². The minimum absolute atomic E-state index is 0.0144. The first-order valence-electron chi connectivity index (χ1n) is 8.85. The van der Waals surface area contributed by atoms with Gasteiger partial charge >= 0.3 is 0 Å². The van der Waals surface area contributed by atoms with Crippen molar-refractivity contribution in [2.24, 2.45) is 10.7 Å².